The third-order valence-electron chi connectivity index (χ3n) is 11.7. The van der Waals surface area contributed by atoms with Crippen LogP contribution in [0.3, 0.4) is 0 Å². The lowest BCUT2D eigenvalue weighted by molar-refractivity contribution is -0.0435. The third kappa shape index (κ3) is 11.4. The number of aromatic nitrogens is 2. The van der Waals surface area contributed by atoms with Crippen LogP contribution in [0.1, 0.15) is 43.0 Å². The number of rotatable bonds is 16. The van der Waals surface area contributed by atoms with E-state index in [0.717, 1.165) is 48.5 Å². The molecule has 11 nitrogen and oxygen atoms in total. The molecule has 0 amide bonds. The predicted octanol–water partition coefficient (Wildman–Crippen LogP) is 8.83. The van der Waals surface area contributed by atoms with Gasteiger partial charge in [-0.2, -0.15) is 13.2 Å². The van der Waals surface area contributed by atoms with Crippen molar-refractivity contribution in [3.05, 3.63) is 125 Å². The highest BCUT2D eigenvalue weighted by Gasteiger charge is 2.48. The first kappa shape index (κ1) is 46.8. The van der Waals surface area contributed by atoms with Crippen LogP contribution in [0, 0.1) is 0 Å². The summed E-state index contributed by atoms with van der Waals surface area (Å²) in [6.07, 6.45) is 4.03. The summed E-state index contributed by atoms with van der Waals surface area (Å²) in [6, 6.07) is 28.6. The van der Waals surface area contributed by atoms with Crippen LogP contribution in [-0.2, 0) is 39.4 Å². The number of alkyl halides is 3. The molecule has 0 aliphatic carbocycles. The summed E-state index contributed by atoms with van der Waals surface area (Å²) < 4.78 is 99.0. The molecule has 4 aromatic carbocycles. The molecule has 1 fully saturated rings. The van der Waals surface area contributed by atoms with E-state index >= 15 is 0 Å². The summed E-state index contributed by atoms with van der Waals surface area (Å²) in [5.74, 6) is 0.409. The number of hydrogen-bond acceptors (Lipinski definition) is 11. The molecule has 5 aromatic rings. The van der Waals surface area contributed by atoms with Gasteiger partial charge in [0.1, 0.15) is 17.0 Å². The first-order valence-corrected chi connectivity index (χ1v) is 25.0. The molecule has 336 valence electrons. The topological polar surface area (TPSA) is 128 Å². The van der Waals surface area contributed by atoms with Crippen LogP contribution < -0.4 is 10.0 Å². The van der Waals surface area contributed by atoms with Gasteiger partial charge in [-0.05, 0) is 112 Å². The van der Waals surface area contributed by atoms with Crippen molar-refractivity contribution < 1.29 is 30.0 Å². The largest absolute Gasteiger partial charge is 0.501 e. The van der Waals surface area contributed by atoms with Gasteiger partial charge in [0.15, 0.2) is 0 Å². The van der Waals surface area contributed by atoms with Crippen molar-refractivity contribution >= 4 is 54.7 Å². The molecular formula is C45H51ClF3N7O4S3. The highest BCUT2D eigenvalue weighted by atomic mass is 35.5. The van der Waals surface area contributed by atoms with Gasteiger partial charge in [-0.25, -0.2) is 26.8 Å². The van der Waals surface area contributed by atoms with E-state index in [1.54, 1.807) is 0 Å². The van der Waals surface area contributed by atoms with Crippen molar-refractivity contribution in [2.45, 2.75) is 84.0 Å². The highest BCUT2D eigenvalue weighted by molar-refractivity contribution is 7.99. The Balaban J connectivity index is 1.05. The summed E-state index contributed by atoms with van der Waals surface area (Å²) in [5.41, 5.74) is -1.25. The summed E-state index contributed by atoms with van der Waals surface area (Å²) in [5, 5.41) is 3.70. The number of fused-ring (bicyclic) bond motifs is 1. The lowest BCUT2D eigenvalue weighted by Gasteiger charge is -2.43. The van der Waals surface area contributed by atoms with Crippen LogP contribution in [0.25, 0.3) is 11.1 Å². The SMILES string of the molecule is C[C@H]1CC(N2CCc3c(ncnc3NS(=O)(=O)c3ccc(NC(CCN(C)C)CSc4ccccc4)c(S(=O)(=O)C(F)(F)F)c3)C2)CCN1Cc1ccccc1-c1ccc(Cl)cc1. The van der Waals surface area contributed by atoms with Crippen LogP contribution in [0.2, 0.25) is 5.02 Å². The zero-order valence-corrected chi connectivity index (χ0v) is 38.4. The van der Waals surface area contributed by atoms with Gasteiger partial charge >= 0.3 is 5.51 Å². The molecule has 0 radical (unpaired) electrons. The number of hydrogen-bond donors (Lipinski definition) is 2. The van der Waals surface area contributed by atoms with Crippen molar-refractivity contribution in [2.75, 3.05) is 49.5 Å². The number of thioether (sulfide) groups is 1. The van der Waals surface area contributed by atoms with Crippen molar-refractivity contribution in [3.63, 3.8) is 0 Å². The number of anilines is 2. The van der Waals surface area contributed by atoms with E-state index < -0.39 is 41.2 Å². The smallest absolute Gasteiger partial charge is 0.380 e. The second-order valence-corrected chi connectivity index (χ2v) is 21.4. The Hall–Kier alpha value is -4.23. The molecule has 3 heterocycles. The van der Waals surface area contributed by atoms with E-state index in [9.17, 15) is 30.0 Å². The minimum absolute atomic E-state index is 0.00584. The minimum Gasteiger partial charge on any atom is -0.380 e. The number of nitrogens with one attached hydrogen (secondary N) is 2. The number of sulfonamides is 1. The van der Waals surface area contributed by atoms with Gasteiger partial charge < -0.3 is 10.2 Å². The average Bonchev–Trinajstić information content (AvgIpc) is 3.25. The van der Waals surface area contributed by atoms with Crippen LogP contribution in [-0.4, -0.2) is 105 Å². The maximum atomic E-state index is 14.2. The van der Waals surface area contributed by atoms with Crippen LogP contribution in [0.15, 0.2) is 118 Å². The normalized spacial score (nSPS) is 18.2. The summed E-state index contributed by atoms with van der Waals surface area (Å²) >= 11 is 7.62. The van der Waals surface area contributed by atoms with Gasteiger partial charge in [0.25, 0.3) is 19.9 Å². The Morgan fingerprint density at radius 2 is 1.67 bits per heavy atom. The van der Waals surface area contributed by atoms with E-state index in [2.05, 4.69) is 54.9 Å². The standard InChI is InChI=1S/C45H51ClF3N7O4S3/c1-31-25-36(20-23-55(31)27-33-9-7-8-12-39(33)32-13-15-34(46)16-14-32)56-24-21-40-42(28-56)50-30-51-44(40)53-63(59,60)38-17-18-41(43(26-38)62(57,58)45(47,48)49)52-35(19-22-54(2)3)29-61-37-10-5-4-6-11-37/h4-18,26,30-31,35-36,52H,19-25,27-29H2,1-3H3,(H,50,51,53)/t31-,35?,36?/m0/s1. The Kier molecular flexibility index (Phi) is 14.8. The summed E-state index contributed by atoms with van der Waals surface area (Å²) in [7, 11) is -6.89. The minimum atomic E-state index is -5.99. The summed E-state index contributed by atoms with van der Waals surface area (Å²) in [4.78, 5) is 14.6. The Bertz CT molecular complexity index is 2590. The zero-order chi connectivity index (χ0) is 44.9. The number of halogens is 4. The predicted molar refractivity (Wildman–Crippen MR) is 244 cm³/mol. The first-order chi connectivity index (χ1) is 30.0. The van der Waals surface area contributed by atoms with Gasteiger partial charge in [0, 0.05) is 65.5 Å². The molecule has 1 aromatic heterocycles. The van der Waals surface area contributed by atoms with E-state index in [0.29, 0.717) is 66.6 Å². The zero-order valence-electron chi connectivity index (χ0n) is 35.2. The third-order valence-corrected chi connectivity index (χ3v) is 15.9. The van der Waals surface area contributed by atoms with Crippen LogP contribution >= 0.6 is 23.4 Å². The van der Waals surface area contributed by atoms with Crippen molar-refractivity contribution in [1.29, 1.82) is 0 Å². The average molecular weight is 943 g/mol. The molecule has 2 aliphatic rings. The summed E-state index contributed by atoms with van der Waals surface area (Å²) in [6.45, 7) is 5.59. The maximum absolute atomic E-state index is 14.2. The second-order valence-electron chi connectivity index (χ2n) is 16.3. The molecule has 18 heteroatoms. The fourth-order valence-electron chi connectivity index (χ4n) is 8.19. The van der Waals surface area contributed by atoms with Crippen LogP contribution in [0.5, 0.6) is 0 Å². The van der Waals surface area contributed by atoms with Gasteiger partial charge in [0.2, 0.25) is 0 Å². The Labute approximate surface area is 377 Å². The number of nitrogens with zero attached hydrogens (tertiary/aromatic N) is 5. The highest BCUT2D eigenvalue weighted by Crippen LogP contribution is 2.38. The fraction of sp³-hybridized carbons (Fsp3) is 0.378. The van der Waals surface area contributed by atoms with E-state index in [4.69, 9.17) is 11.6 Å². The van der Waals surface area contributed by atoms with Gasteiger partial charge in [-0.15, -0.1) is 11.8 Å². The molecule has 0 spiro atoms. The van der Waals surface area contributed by atoms with E-state index in [1.165, 1.54) is 29.2 Å². The van der Waals surface area contributed by atoms with Crippen molar-refractivity contribution in [1.82, 2.24) is 24.7 Å². The van der Waals surface area contributed by atoms with Crippen LogP contribution in [0.4, 0.5) is 24.7 Å². The molecule has 63 heavy (non-hydrogen) atoms. The number of benzene rings is 4. The van der Waals surface area contributed by atoms with Gasteiger partial charge in [0.05, 0.1) is 16.3 Å². The lowest BCUT2D eigenvalue weighted by atomic mass is 9.93. The number of sulfone groups is 1. The lowest BCUT2D eigenvalue weighted by Crippen LogP contribution is -2.50. The van der Waals surface area contributed by atoms with Gasteiger partial charge in [-0.3, -0.25) is 14.5 Å². The maximum Gasteiger partial charge on any atom is 0.501 e. The molecule has 1 saturated heterocycles. The second kappa shape index (κ2) is 19.9. The first-order valence-electron chi connectivity index (χ1n) is 20.7. The molecular weight excluding hydrogens is 891 g/mol. The fourth-order valence-corrected chi connectivity index (χ4v) is 11.4. The quantitative estimate of drug-likeness (QED) is 0.0922. The Morgan fingerprint density at radius 3 is 2.38 bits per heavy atom. The molecule has 2 aliphatic heterocycles. The number of likely N-dealkylation sites (tertiary alicyclic amines) is 1. The molecule has 2 N–H and O–H groups in total. The van der Waals surface area contributed by atoms with Crippen molar-refractivity contribution in [3.8, 4) is 11.1 Å². The molecule has 7 rings (SSSR count). The molecule has 0 saturated carbocycles. The van der Waals surface area contributed by atoms with Crippen molar-refractivity contribution in [2.24, 2.45) is 0 Å². The molecule has 3 atom stereocenters. The van der Waals surface area contributed by atoms with E-state index in [1.807, 2.05) is 79.7 Å². The van der Waals surface area contributed by atoms with E-state index in [-0.39, 0.29) is 17.5 Å². The molecule has 0 bridgehead atoms. The number of piperidine rings is 1. The molecule has 2 unspecified atom stereocenters. The van der Waals surface area contributed by atoms with Gasteiger partial charge in [-0.1, -0.05) is 66.2 Å². The Morgan fingerprint density at radius 1 is 0.937 bits per heavy atom. The monoisotopic (exact) mass is 941 g/mol.